The predicted molar refractivity (Wildman–Crippen MR) is 104 cm³/mol. The lowest BCUT2D eigenvalue weighted by molar-refractivity contribution is -0.178. The van der Waals surface area contributed by atoms with Gasteiger partial charge in [0, 0.05) is 0 Å². The average molecular weight is 424 g/mol. The fourth-order valence-electron chi connectivity index (χ4n) is 4.98. The molecule has 0 radical (unpaired) electrons. The van der Waals surface area contributed by atoms with Gasteiger partial charge in [0.15, 0.2) is 0 Å². The summed E-state index contributed by atoms with van der Waals surface area (Å²) in [5.41, 5.74) is 0. The third-order valence-corrected chi connectivity index (χ3v) is 7.00. The van der Waals surface area contributed by atoms with Crippen molar-refractivity contribution in [3.63, 3.8) is 0 Å². The van der Waals surface area contributed by atoms with Crippen LogP contribution in [0.15, 0.2) is 0 Å². The van der Waals surface area contributed by atoms with E-state index in [1.54, 1.807) is 0 Å². The lowest BCUT2D eigenvalue weighted by Crippen LogP contribution is -2.41. The topological polar surface area (TPSA) is 127 Å². The second-order valence-electron chi connectivity index (χ2n) is 9.01. The third kappa shape index (κ3) is 5.73. The Kier molecular flexibility index (Phi) is 7.72. The maximum atomic E-state index is 12.6. The van der Waals surface area contributed by atoms with Gasteiger partial charge in [0.1, 0.15) is 12.2 Å². The van der Waals surface area contributed by atoms with Crippen LogP contribution in [-0.2, 0) is 28.7 Å². The number of carbonyl (C=O) groups is 4. The van der Waals surface area contributed by atoms with Crippen LogP contribution in [0.5, 0.6) is 0 Å². The molecule has 3 fully saturated rings. The maximum Gasteiger partial charge on any atom is 0.309 e. The van der Waals surface area contributed by atoms with Crippen molar-refractivity contribution in [2.24, 2.45) is 23.7 Å². The zero-order valence-electron chi connectivity index (χ0n) is 17.3. The molecule has 0 bridgehead atoms. The highest BCUT2D eigenvalue weighted by Crippen LogP contribution is 2.34. The molecule has 0 spiro atoms. The molecule has 3 rings (SSSR count). The Morgan fingerprint density at radius 3 is 1.10 bits per heavy atom. The van der Waals surface area contributed by atoms with Gasteiger partial charge in [-0.3, -0.25) is 19.2 Å². The Labute approximate surface area is 176 Å². The Bertz CT molecular complexity index is 588. The molecule has 3 aliphatic rings. The molecule has 0 aromatic rings. The first kappa shape index (κ1) is 22.6. The predicted octanol–water partition coefficient (Wildman–Crippen LogP) is 3.17. The molecule has 3 aliphatic carbocycles. The van der Waals surface area contributed by atoms with Crippen LogP contribution in [0.25, 0.3) is 0 Å². The van der Waals surface area contributed by atoms with Crippen molar-refractivity contribution in [2.75, 3.05) is 0 Å². The van der Waals surface area contributed by atoms with Crippen LogP contribution in [-0.4, -0.2) is 46.3 Å². The Morgan fingerprint density at radius 2 is 0.800 bits per heavy atom. The van der Waals surface area contributed by atoms with Crippen LogP contribution in [0.3, 0.4) is 0 Å². The highest BCUT2D eigenvalue weighted by atomic mass is 16.6. The highest BCUT2D eigenvalue weighted by molar-refractivity contribution is 5.75. The standard InChI is InChI=1S/C22H32O8/c23-19(24)13-5-9-15(10-6-13)21(27)29-17-3-1-2-4-18(17)30-22(28)16-11-7-14(8-12-16)20(25)26/h13-18H,1-12H2,(H,23,24)(H,25,26). The molecular weight excluding hydrogens is 392 g/mol. The van der Waals surface area contributed by atoms with Gasteiger partial charge in [-0.2, -0.15) is 0 Å². The van der Waals surface area contributed by atoms with E-state index in [0.717, 1.165) is 12.8 Å². The van der Waals surface area contributed by atoms with E-state index in [9.17, 15) is 19.2 Å². The molecule has 0 aromatic heterocycles. The monoisotopic (exact) mass is 424 g/mol. The van der Waals surface area contributed by atoms with Crippen LogP contribution in [0, 0.1) is 23.7 Å². The molecule has 30 heavy (non-hydrogen) atoms. The normalized spacial score (nSPS) is 34.5. The van der Waals surface area contributed by atoms with Crippen LogP contribution in [0.4, 0.5) is 0 Å². The molecule has 0 aromatic carbocycles. The highest BCUT2D eigenvalue weighted by Gasteiger charge is 2.38. The summed E-state index contributed by atoms with van der Waals surface area (Å²) in [6.45, 7) is 0. The molecule has 0 heterocycles. The first-order chi connectivity index (χ1) is 14.3. The smallest absolute Gasteiger partial charge is 0.309 e. The summed E-state index contributed by atoms with van der Waals surface area (Å²) in [6.07, 6.45) is 6.19. The van der Waals surface area contributed by atoms with Gasteiger partial charge in [0.25, 0.3) is 0 Å². The molecule has 0 amide bonds. The number of ether oxygens (including phenoxy) is 2. The Balaban J connectivity index is 1.49. The van der Waals surface area contributed by atoms with Gasteiger partial charge >= 0.3 is 23.9 Å². The maximum absolute atomic E-state index is 12.6. The molecule has 8 nitrogen and oxygen atoms in total. The summed E-state index contributed by atoms with van der Waals surface area (Å²) in [6, 6.07) is 0. The van der Waals surface area contributed by atoms with Crippen molar-refractivity contribution in [2.45, 2.75) is 89.3 Å². The van der Waals surface area contributed by atoms with Crippen molar-refractivity contribution in [1.82, 2.24) is 0 Å². The fraction of sp³-hybridized carbons (Fsp3) is 0.818. The minimum Gasteiger partial charge on any atom is -0.481 e. The van der Waals surface area contributed by atoms with E-state index in [1.807, 2.05) is 0 Å². The second-order valence-corrected chi connectivity index (χ2v) is 9.01. The van der Waals surface area contributed by atoms with E-state index in [-0.39, 0.29) is 35.6 Å². The average Bonchev–Trinajstić information content (AvgIpc) is 2.75. The number of hydrogen-bond acceptors (Lipinski definition) is 6. The Morgan fingerprint density at radius 1 is 0.500 bits per heavy atom. The van der Waals surface area contributed by atoms with Gasteiger partial charge in [0.05, 0.1) is 23.7 Å². The van der Waals surface area contributed by atoms with Crippen molar-refractivity contribution < 1.29 is 38.9 Å². The fourth-order valence-corrected chi connectivity index (χ4v) is 4.98. The third-order valence-electron chi connectivity index (χ3n) is 7.00. The SMILES string of the molecule is O=C(O)C1CCC(C(=O)OC2CCCCC2OC(=O)C2CCC(C(=O)O)CC2)CC1. The lowest BCUT2D eigenvalue weighted by Gasteiger charge is -2.34. The second kappa shape index (κ2) is 10.3. The van der Waals surface area contributed by atoms with Gasteiger partial charge in [-0.15, -0.1) is 0 Å². The van der Waals surface area contributed by atoms with E-state index in [1.165, 1.54) is 0 Å². The summed E-state index contributed by atoms with van der Waals surface area (Å²) >= 11 is 0. The van der Waals surface area contributed by atoms with Crippen LogP contribution in [0.2, 0.25) is 0 Å². The summed E-state index contributed by atoms with van der Waals surface area (Å²) < 4.78 is 11.5. The van der Waals surface area contributed by atoms with Crippen LogP contribution >= 0.6 is 0 Å². The number of rotatable bonds is 6. The van der Waals surface area contributed by atoms with Crippen molar-refractivity contribution in [3.05, 3.63) is 0 Å². The largest absolute Gasteiger partial charge is 0.481 e. The number of aliphatic carboxylic acids is 2. The van der Waals surface area contributed by atoms with Crippen LogP contribution < -0.4 is 0 Å². The molecule has 2 N–H and O–H groups in total. The molecule has 8 heteroatoms. The number of esters is 2. The zero-order chi connectivity index (χ0) is 21.7. The molecule has 2 unspecified atom stereocenters. The zero-order valence-corrected chi connectivity index (χ0v) is 17.3. The van der Waals surface area contributed by atoms with Gasteiger partial charge in [-0.1, -0.05) is 0 Å². The molecule has 0 aliphatic heterocycles. The number of carbonyl (C=O) groups excluding carboxylic acids is 2. The van der Waals surface area contributed by atoms with E-state index in [4.69, 9.17) is 19.7 Å². The molecular formula is C22H32O8. The minimum absolute atomic E-state index is 0.287. The minimum atomic E-state index is -0.807. The summed E-state index contributed by atoms with van der Waals surface area (Å²) in [7, 11) is 0. The van der Waals surface area contributed by atoms with Gasteiger partial charge in [0.2, 0.25) is 0 Å². The van der Waals surface area contributed by atoms with Crippen LogP contribution in [0.1, 0.15) is 77.0 Å². The van der Waals surface area contributed by atoms with E-state index in [0.29, 0.717) is 64.2 Å². The quantitative estimate of drug-likeness (QED) is 0.623. The van der Waals surface area contributed by atoms with E-state index in [2.05, 4.69) is 0 Å². The van der Waals surface area contributed by atoms with Crippen molar-refractivity contribution >= 4 is 23.9 Å². The van der Waals surface area contributed by atoms with Crippen molar-refractivity contribution in [3.8, 4) is 0 Å². The first-order valence-corrected chi connectivity index (χ1v) is 11.2. The van der Waals surface area contributed by atoms with Gasteiger partial charge < -0.3 is 19.7 Å². The number of carboxylic acid groups (broad SMARTS) is 2. The van der Waals surface area contributed by atoms with Gasteiger partial charge in [-0.25, -0.2) is 0 Å². The van der Waals surface area contributed by atoms with E-state index >= 15 is 0 Å². The molecule has 168 valence electrons. The van der Waals surface area contributed by atoms with Crippen molar-refractivity contribution in [1.29, 1.82) is 0 Å². The Hall–Kier alpha value is -2.12. The first-order valence-electron chi connectivity index (χ1n) is 11.2. The van der Waals surface area contributed by atoms with E-state index < -0.39 is 24.1 Å². The summed E-state index contributed by atoms with van der Waals surface area (Å²) in [4.78, 5) is 47.4. The summed E-state index contributed by atoms with van der Waals surface area (Å²) in [5, 5.41) is 18.2. The molecule has 3 saturated carbocycles. The number of carboxylic acids is 2. The molecule has 2 atom stereocenters. The lowest BCUT2D eigenvalue weighted by atomic mass is 9.82. The van der Waals surface area contributed by atoms with Gasteiger partial charge in [-0.05, 0) is 77.0 Å². The number of hydrogen-bond donors (Lipinski definition) is 2. The summed E-state index contributed by atoms with van der Waals surface area (Å²) in [5.74, 6) is -3.57. The molecule has 0 saturated heterocycles.